The minimum Gasteiger partial charge on any atom is -0.309 e. The third-order valence-electron chi connectivity index (χ3n) is 6.56. The molecule has 186 valence electrons. The molecule has 2 heteroatoms. The van der Waals surface area contributed by atoms with Crippen molar-refractivity contribution in [2.24, 2.45) is 0 Å². The summed E-state index contributed by atoms with van der Waals surface area (Å²) in [5, 5.41) is 3.42. The van der Waals surface area contributed by atoms with Crippen LogP contribution in [0.2, 0.25) is 0 Å². The van der Waals surface area contributed by atoms with Crippen LogP contribution >= 0.6 is 22.6 Å². The Morgan fingerprint density at radius 2 is 0.865 bits per heavy atom. The van der Waals surface area contributed by atoms with Crippen LogP contribution in [0.1, 0.15) is 44.9 Å². The summed E-state index contributed by atoms with van der Waals surface area (Å²) in [6.07, 6.45) is 0. The second-order valence-corrected chi connectivity index (χ2v) is 10.4. The molecule has 0 aliphatic rings. The fourth-order valence-electron chi connectivity index (χ4n) is 4.58. The lowest BCUT2D eigenvalue weighted by Crippen LogP contribution is -2.12. The Morgan fingerprint density at radius 3 is 1.30 bits per heavy atom. The molecule has 0 aromatic heterocycles. The maximum Gasteiger partial charge on any atom is 0.0355 e. The summed E-state index contributed by atoms with van der Waals surface area (Å²) in [4.78, 5) is 0. The zero-order chi connectivity index (χ0) is 25.9. The third kappa shape index (κ3) is 7.64. The van der Waals surface area contributed by atoms with Crippen molar-refractivity contribution >= 4 is 22.6 Å². The van der Waals surface area contributed by atoms with Crippen molar-refractivity contribution in [2.75, 3.05) is 0 Å². The minimum atomic E-state index is 0.288. The monoisotopic (exact) mass is 595 g/mol. The molecule has 1 N–H and O–H groups in total. The van der Waals surface area contributed by atoms with E-state index in [-0.39, 0.29) is 5.92 Å². The van der Waals surface area contributed by atoms with Crippen LogP contribution in [0.3, 0.4) is 0 Å². The van der Waals surface area contributed by atoms with Crippen LogP contribution in [-0.4, -0.2) is 0 Å². The molecule has 0 atom stereocenters. The summed E-state index contributed by atoms with van der Waals surface area (Å²) in [6.45, 7) is 6.26. The van der Waals surface area contributed by atoms with Crippen molar-refractivity contribution in [3.63, 3.8) is 0 Å². The van der Waals surface area contributed by atoms with E-state index in [9.17, 15) is 0 Å². The zero-order valence-electron chi connectivity index (χ0n) is 21.6. The van der Waals surface area contributed by atoms with Crippen LogP contribution in [0.5, 0.6) is 0 Å². The number of aryl methyl sites for hydroxylation is 2. The van der Waals surface area contributed by atoms with E-state index >= 15 is 0 Å². The van der Waals surface area contributed by atoms with Crippen molar-refractivity contribution in [3.05, 3.63) is 176 Å². The van der Waals surface area contributed by atoms with E-state index in [1.165, 1.54) is 42.5 Å². The van der Waals surface area contributed by atoms with Crippen molar-refractivity contribution in [1.29, 1.82) is 0 Å². The molecule has 0 heterocycles. The van der Waals surface area contributed by atoms with Crippen LogP contribution < -0.4 is 5.32 Å². The van der Waals surface area contributed by atoms with Gasteiger partial charge in [0, 0.05) is 22.6 Å². The fourth-order valence-corrected chi connectivity index (χ4v) is 5.27. The van der Waals surface area contributed by atoms with Gasteiger partial charge in [0.2, 0.25) is 0 Å². The van der Waals surface area contributed by atoms with Gasteiger partial charge < -0.3 is 5.32 Å². The second kappa shape index (κ2) is 13.9. The molecule has 0 bridgehead atoms. The highest BCUT2D eigenvalue weighted by molar-refractivity contribution is 14.1. The van der Waals surface area contributed by atoms with E-state index in [0.717, 1.165) is 13.1 Å². The zero-order valence-corrected chi connectivity index (χ0v) is 23.7. The first-order valence-electron chi connectivity index (χ1n) is 12.8. The predicted molar refractivity (Wildman–Crippen MR) is 166 cm³/mol. The van der Waals surface area contributed by atoms with Gasteiger partial charge in [0.05, 0.1) is 0 Å². The first-order chi connectivity index (χ1) is 18.1. The number of halogens is 1. The number of benzene rings is 5. The van der Waals surface area contributed by atoms with Crippen LogP contribution in [0.15, 0.2) is 133 Å². The van der Waals surface area contributed by atoms with Crippen molar-refractivity contribution in [1.82, 2.24) is 5.32 Å². The summed E-state index contributed by atoms with van der Waals surface area (Å²) >= 11 is 2.45. The van der Waals surface area contributed by atoms with Crippen LogP contribution in [-0.2, 0) is 13.1 Å². The first-order valence-corrected chi connectivity index (χ1v) is 13.9. The first kappa shape index (κ1) is 26.8. The Morgan fingerprint density at radius 1 is 0.486 bits per heavy atom. The Bertz CT molecular complexity index is 1230. The lowest BCUT2D eigenvalue weighted by molar-refractivity contribution is 0.693. The van der Waals surface area contributed by atoms with Gasteiger partial charge in [-0.2, -0.15) is 0 Å². The molecule has 37 heavy (non-hydrogen) atoms. The summed E-state index contributed by atoms with van der Waals surface area (Å²) in [7, 11) is 0. The van der Waals surface area contributed by atoms with Crippen LogP contribution in [0, 0.1) is 17.4 Å². The van der Waals surface area contributed by atoms with Crippen molar-refractivity contribution in [2.45, 2.75) is 32.9 Å². The van der Waals surface area contributed by atoms with E-state index in [0.29, 0.717) is 0 Å². The summed E-state index contributed by atoms with van der Waals surface area (Å²) in [5.41, 5.74) is 9.50. The van der Waals surface area contributed by atoms with Gasteiger partial charge in [0.1, 0.15) is 0 Å². The molecule has 1 nitrogen and oxygen atoms in total. The lowest BCUT2D eigenvalue weighted by atomic mass is 9.81. The second-order valence-electron chi connectivity index (χ2n) is 9.24. The molecule has 0 aliphatic heterocycles. The SMILES string of the molecule is Cc1ccccc1C(c1ccccc1C)c1ccccc1I.c1ccc(CNCc2ccccc2)cc1. The molecule has 0 unspecified atom stereocenters. The van der Waals surface area contributed by atoms with Crippen LogP contribution in [0.25, 0.3) is 0 Å². The van der Waals surface area contributed by atoms with Gasteiger partial charge in [-0.1, -0.05) is 127 Å². The molecule has 0 saturated carbocycles. The molecular formula is C35H34IN. The number of nitrogens with one attached hydrogen (secondary N) is 1. The van der Waals surface area contributed by atoms with Gasteiger partial charge in [0.25, 0.3) is 0 Å². The minimum absolute atomic E-state index is 0.288. The highest BCUT2D eigenvalue weighted by Gasteiger charge is 2.21. The average molecular weight is 596 g/mol. The van der Waals surface area contributed by atoms with Gasteiger partial charge in [-0.05, 0) is 81.4 Å². The van der Waals surface area contributed by atoms with Gasteiger partial charge in [-0.15, -0.1) is 0 Å². The summed E-state index contributed by atoms with van der Waals surface area (Å²) in [6, 6.07) is 47.0. The molecule has 0 aliphatic carbocycles. The smallest absolute Gasteiger partial charge is 0.0355 e. The van der Waals surface area contributed by atoms with E-state index in [1.54, 1.807) is 0 Å². The van der Waals surface area contributed by atoms with Crippen LogP contribution in [0.4, 0.5) is 0 Å². The Hall–Kier alpha value is -3.21. The predicted octanol–water partition coefficient (Wildman–Crippen LogP) is 9.06. The average Bonchev–Trinajstić information content (AvgIpc) is 2.93. The van der Waals surface area contributed by atoms with E-state index < -0.39 is 0 Å². The topological polar surface area (TPSA) is 12.0 Å². The van der Waals surface area contributed by atoms with Gasteiger partial charge in [-0.25, -0.2) is 0 Å². The molecule has 0 saturated heterocycles. The summed E-state index contributed by atoms with van der Waals surface area (Å²) < 4.78 is 1.32. The maximum absolute atomic E-state index is 3.42. The van der Waals surface area contributed by atoms with Crippen molar-refractivity contribution < 1.29 is 0 Å². The Kier molecular flexibility index (Phi) is 10.1. The Balaban J connectivity index is 0.000000186. The van der Waals surface area contributed by atoms with E-state index in [2.05, 4.69) is 163 Å². The Labute approximate surface area is 235 Å². The molecule has 5 aromatic rings. The highest BCUT2D eigenvalue weighted by Crippen LogP contribution is 2.37. The van der Waals surface area contributed by atoms with E-state index in [1.807, 2.05) is 12.1 Å². The quantitative estimate of drug-likeness (QED) is 0.146. The molecular weight excluding hydrogens is 561 g/mol. The molecule has 0 fully saturated rings. The standard InChI is InChI=1S/C21H19I.C14H15N/c1-15-9-3-5-11-17(15)21(18-12-6-4-10-16(18)2)19-13-7-8-14-20(19)22;1-3-7-13(8-4-1)11-15-12-14-9-5-2-6-10-14/h3-14,21H,1-2H3;1-10,15H,11-12H2. The third-order valence-corrected chi connectivity index (χ3v) is 7.54. The fraction of sp³-hybridized carbons (Fsp3) is 0.143. The number of hydrogen-bond acceptors (Lipinski definition) is 1. The molecule has 5 aromatic carbocycles. The largest absolute Gasteiger partial charge is 0.309 e. The summed E-state index contributed by atoms with van der Waals surface area (Å²) in [5.74, 6) is 0.288. The van der Waals surface area contributed by atoms with Crippen molar-refractivity contribution in [3.8, 4) is 0 Å². The van der Waals surface area contributed by atoms with Gasteiger partial charge in [0.15, 0.2) is 0 Å². The highest BCUT2D eigenvalue weighted by atomic mass is 127. The molecule has 0 radical (unpaired) electrons. The van der Waals surface area contributed by atoms with E-state index in [4.69, 9.17) is 0 Å². The van der Waals surface area contributed by atoms with Gasteiger partial charge in [-0.3, -0.25) is 0 Å². The maximum atomic E-state index is 3.42. The molecule has 0 spiro atoms. The molecule has 0 amide bonds. The number of rotatable bonds is 7. The molecule has 5 rings (SSSR count). The normalized spacial score (nSPS) is 10.6. The number of hydrogen-bond donors (Lipinski definition) is 1. The van der Waals surface area contributed by atoms with Gasteiger partial charge >= 0.3 is 0 Å². The lowest BCUT2D eigenvalue weighted by Gasteiger charge is -2.23.